The Bertz CT molecular complexity index is 1180. The maximum atomic E-state index is 13.3. The first kappa shape index (κ1) is 21.9. The Kier molecular flexibility index (Phi) is 6.30. The van der Waals surface area contributed by atoms with Crippen molar-refractivity contribution in [3.8, 4) is 5.69 Å². The van der Waals surface area contributed by atoms with Crippen LogP contribution in [0.25, 0.3) is 5.69 Å². The third-order valence-electron chi connectivity index (χ3n) is 4.31. The smallest absolute Gasteiger partial charge is 0.338 e. The zero-order valence-electron chi connectivity index (χ0n) is 16.4. The fraction of sp³-hybridized carbons (Fsp3) is 0.150. The van der Waals surface area contributed by atoms with Crippen LogP contribution in [0.1, 0.15) is 21.7 Å². The van der Waals surface area contributed by atoms with Crippen LogP contribution < -0.4 is 5.32 Å². The summed E-state index contributed by atoms with van der Waals surface area (Å²) >= 11 is 6.14. The molecule has 0 saturated heterocycles. The highest BCUT2D eigenvalue weighted by Gasteiger charge is 2.17. The van der Waals surface area contributed by atoms with E-state index in [0.29, 0.717) is 16.4 Å². The molecule has 31 heavy (non-hydrogen) atoms. The van der Waals surface area contributed by atoms with E-state index in [9.17, 15) is 24.1 Å². The number of hydrogen-bond donors (Lipinski definition) is 1. The molecule has 0 atom stereocenters. The fourth-order valence-corrected chi connectivity index (χ4v) is 2.87. The lowest BCUT2D eigenvalue weighted by Crippen LogP contribution is -2.21. The summed E-state index contributed by atoms with van der Waals surface area (Å²) in [5, 5.41) is 17.9. The van der Waals surface area contributed by atoms with Crippen molar-refractivity contribution in [2.45, 2.75) is 13.8 Å². The summed E-state index contributed by atoms with van der Waals surface area (Å²) in [6.45, 7) is 2.98. The van der Waals surface area contributed by atoms with E-state index in [1.807, 2.05) is 6.92 Å². The predicted molar refractivity (Wildman–Crippen MR) is 110 cm³/mol. The van der Waals surface area contributed by atoms with Gasteiger partial charge in [0, 0.05) is 11.8 Å². The van der Waals surface area contributed by atoms with Crippen LogP contribution in [0.5, 0.6) is 0 Å². The molecule has 0 bridgehead atoms. The molecule has 0 aliphatic heterocycles. The van der Waals surface area contributed by atoms with Crippen LogP contribution in [0.2, 0.25) is 5.02 Å². The van der Waals surface area contributed by atoms with Crippen molar-refractivity contribution in [1.82, 2.24) is 9.78 Å². The molecule has 3 aromatic rings. The number of aryl methyl sites for hydroxylation is 1. The van der Waals surface area contributed by atoms with Crippen LogP contribution in [-0.2, 0) is 9.53 Å². The molecule has 11 heteroatoms. The molecular formula is C20H16ClFN4O5. The lowest BCUT2D eigenvalue weighted by molar-refractivity contribution is -0.387. The summed E-state index contributed by atoms with van der Waals surface area (Å²) in [4.78, 5) is 34.0. The van der Waals surface area contributed by atoms with E-state index in [2.05, 4.69) is 10.4 Å². The average Bonchev–Trinajstić information content (AvgIpc) is 3.00. The zero-order valence-corrected chi connectivity index (χ0v) is 17.1. The molecule has 0 aliphatic carbocycles. The molecule has 0 radical (unpaired) electrons. The van der Waals surface area contributed by atoms with Gasteiger partial charge in [-0.3, -0.25) is 14.9 Å². The largest absolute Gasteiger partial charge is 0.452 e. The Balaban J connectivity index is 1.60. The van der Waals surface area contributed by atoms with Gasteiger partial charge < -0.3 is 10.1 Å². The molecule has 1 aromatic heterocycles. The summed E-state index contributed by atoms with van der Waals surface area (Å²) in [5.74, 6) is -2.50. The number of aromatic nitrogens is 2. The van der Waals surface area contributed by atoms with Gasteiger partial charge in [0.15, 0.2) is 6.61 Å². The maximum absolute atomic E-state index is 13.3. The van der Waals surface area contributed by atoms with Gasteiger partial charge in [0.05, 0.1) is 32.6 Å². The third-order valence-corrected chi connectivity index (χ3v) is 4.86. The third kappa shape index (κ3) is 4.86. The molecule has 0 spiro atoms. The molecule has 160 valence electrons. The topological polar surface area (TPSA) is 116 Å². The van der Waals surface area contributed by atoms with Gasteiger partial charge in [-0.15, -0.1) is 0 Å². The van der Waals surface area contributed by atoms with Gasteiger partial charge in [-0.1, -0.05) is 11.6 Å². The number of halogens is 2. The highest BCUT2D eigenvalue weighted by atomic mass is 35.5. The predicted octanol–water partition coefficient (Wildman–Crippen LogP) is 3.99. The van der Waals surface area contributed by atoms with Crippen LogP contribution in [-0.4, -0.2) is 33.2 Å². The number of benzene rings is 2. The van der Waals surface area contributed by atoms with Crippen molar-refractivity contribution >= 4 is 34.9 Å². The second-order valence-corrected chi connectivity index (χ2v) is 6.87. The number of nitrogens with zero attached hydrogens (tertiary/aromatic N) is 3. The highest BCUT2D eigenvalue weighted by molar-refractivity contribution is 6.31. The highest BCUT2D eigenvalue weighted by Crippen LogP contribution is 2.23. The maximum Gasteiger partial charge on any atom is 0.338 e. The number of nitro benzene ring substituents is 1. The summed E-state index contributed by atoms with van der Waals surface area (Å²) in [6.07, 6.45) is 0. The summed E-state index contributed by atoms with van der Waals surface area (Å²) in [7, 11) is 0. The molecule has 0 fully saturated rings. The fourth-order valence-electron chi connectivity index (χ4n) is 2.76. The van der Waals surface area contributed by atoms with Crippen molar-refractivity contribution < 1.29 is 23.6 Å². The van der Waals surface area contributed by atoms with E-state index >= 15 is 0 Å². The molecule has 1 N–H and O–H groups in total. The van der Waals surface area contributed by atoms with Gasteiger partial charge in [-0.25, -0.2) is 9.48 Å². The molecule has 1 amide bonds. The van der Waals surface area contributed by atoms with Crippen LogP contribution in [0.4, 0.5) is 15.8 Å². The monoisotopic (exact) mass is 446 g/mol. The minimum atomic E-state index is -1.03. The van der Waals surface area contributed by atoms with Crippen LogP contribution >= 0.6 is 11.6 Å². The Labute approximate surface area is 180 Å². The Morgan fingerprint density at radius 3 is 2.48 bits per heavy atom. The number of esters is 1. The Morgan fingerprint density at radius 1 is 1.23 bits per heavy atom. The first-order valence-electron chi connectivity index (χ1n) is 8.90. The molecule has 9 nitrogen and oxygen atoms in total. The van der Waals surface area contributed by atoms with Crippen LogP contribution in [0.3, 0.4) is 0 Å². The number of nitro groups is 1. The molecule has 2 aromatic carbocycles. The van der Waals surface area contributed by atoms with E-state index in [1.165, 1.54) is 12.1 Å². The van der Waals surface area contributed by atoms with Gasteiger partial charge in [0.25, 0.3) is 5.91 Å². The molecule has 0 unspecified atom stereocenters. The van der Waals surface area contributed by atoms with Gasteiger partial charge >= 0.3 is 11.7 Å². The first-order valence-corrected chi connectivity index (χ1v) is 9.28. The SMILES string of the molecule is Cc1nn(-c2ccc(C(=O)OCC(=O)Nc3ccc(F)c([N+](=O)[O-])c3)cc2)c(C)c1Cl. The molecular weight excluding hydrogens is 431 g/mol. The Hall–Kier alpha value is -3.79. The van der Waals surface area contributed by atoms with Crippen molar-refractivity contribution in [1.29, 1.82) is 0 Å². The number of amides is 1. The summed E-state index contributed by atoms with van der Waals surface area (Å²) in [5.41, 5.74) is 1.56. The lowest BCUT2D eigenvalue weighted by atomic mass is 10.2. The quantitative estimate of drug-likeness (QED) is 0.347. The van der Waals surface area contributed by atoms with Crippen molar-refractivity contribution in [3.05, 3.63) is 80.4 Å². The number of carbonyl (C=O) groups excluding carboxylic acids is 2. The normalized spacial score (nSPS) is 10.6. The number of nitrogens with one attached hydrogen (secondary N) is 1. The summed E-state index contributed by atoms with van der Waals surface area (Å²) in [6, 6.07) is 9.24. The number of carbonyl (C=O) groups is 2. The molecule has 0 aliphatic rings. The second kappa shape index (κ2) is 8.92. The van der Waals surface area contributed by atoms with Gasteiger partial charge in [0.1, 0.15) is 0 Å². The van der Waals surface area contributed by atoms with Crippen molar-refractivity contribution in [2.24, 2.45) is 0 Å². The average molecular weight is 447 g/mol. The van der Waals surface area contributed by atoms with E-state index < -0.39 is 34.9 Å². The number of rotatable bonds is 6. The second-order valence-electron chi connectivity index (χ2n) is 6.49. The minimum absolute atomic E-state index is 0.00190. The van der Waals surface area contributed by atoms with E-state index in [4.69, 9.17) is 16.3 Å². The Morgan fingerprint density at radius 2 is 1.90 bits per heavy atom. The van der Waals surface area contributed by atoms with E-state index in [1.54, 1.807) is 23.7 Å². The number of hydrogen-bond acceptors (Lipinski definition) is 6. The van der Waals surface area contributed by atoms with E-state index in [-0.39, 0.29) is 11.3 Å². The molecule has 1 heterocycles. The van der Waals surface area contributed by atoms with E-state index in [0.717, 1.165) is 23.9 Å². The first-order chi connectivity index (χ1) is 14.7. The van der Waals surface area contributed by atoms with Gasteiger partial charge in [-0.2, -0.15) is 9.49 Å². The zero-order chi connectivity index (χ0) is 22.7. The van der Waals surface area contributed by atoms with Crippen LogP contribution in [0, 0.1) is 29.8 Å². The summed E-state index contributed by atoms with van der Waals surface area (Å²) < 4.78 is 19.9. The van der Waals surface area contributed by atoms with Crippen molar-refractivity contribution in [3.63, 3.8) is 0 Å². The van der Waals surface area contributed by atoms with Crippen LogP contribution in [0.15, 0.2) is 42.5 Å². The standard InChI is InChI=1S/C20H16ClFN4O5/c1-11-19(21)12(2)25(24-11)15-6-3-13(4-7-15)20(28)31-10-18(27)23-14-5-8-16(22)17(9-14)26(29)30/h3-9H,10H2,1-2H3,(H,23,27). The lowest BCUT2D eigenvalue weighted by Gasteiger charge is -2.08. The van der Waals surface area contributed by atoms with Gasteiger partial charge in [0.2, 0.25) is 5.82 Å². The molecule has 0 saturated carbocycles. The van der Waals surface area contributed by atoms with Crippen molar-refractivity contribution in [2.75, 3.05) is 11.9 Å². The minimum Gasteiger partial charge on any atom is -0.452 e. The number of ether oxygens (including phenoxy) is 1. The number of anilines is 1. The van der Waals surface area contributed by atoms with Gasteiger partial charge in [-0.05, 0) is 50.2 Å². The molecule has 3 rings (SSSR count).